The van der Waals surface area contributed by atoms with Gasteiger partial charge in [-0.05, 0) is 0 Å². The third kappa shape index (κ3) is 4.87. The molecule has 2 N–H and O–H groups in total. The average molecular weight is 229 g/mol. The molecular weight excluding hydrogens is 214 g/mol. The lowest BCUT2D eigenvalue weighted by Crippen LogP contribution is -2.33. The van der Waals surface area contributed by atoms with Gasteiger partial charge in [0.1, 0.15) is 5.69 Å². The van der Waals surface area contributed by atoms with Crippen LogP contribution in [0.2, 0.25) is 0 Å². The van der Waals surface area contributed by atoms with E-state index in [1.54, 1.807) is 18.0 Å². The summed E-state index contributed by atoms with van der Waals surface area (Å²) in [4.78, 5) is 15.3. The largest absolute Gasteiger partial charge is 0.383 e. The van der Waals surface area contributed by atoms with Gasteiger partial charge < -0.3 is 15.4 Å². The van der Waals surface area contributed by atoms with Crippen molar-refractivity contribution >= 4 is 17.2 Å². The molecule has 0 aromatic carbocycles. The van der Waals surface area contributed by atoms with Gasteiger partial charge in [-0.3, -0.25) is 4.79 Å². The van der Waals surface area contributed by atoms with E-state index in [0.29, 0.717) is 18.8 Å². The molecule has 15 heavy (non-hydrogen) atoms. The second-order valence-electron chi connectivity index (χ2n) is 2.87. The van der Waals surface area contributed by atoms with Crippen LogP contribution in [0.1, 0.15) is 10.5 Å². The number of aromatic nitrogens is 1. The van der Waals surface area contributed by atoms with Crippen molar-refractivity contribution in [2.75, 3.05) is 33.4 Å². The van der Waals surface area contributed by atoms with E-state index in [0.717, 1.165) is 13.1 Å². The van der Waals surface area contributed by atoms with Crippen LogP contribution in [0.5, 0.6) is 0 Å². The SMILES string of the molecule is COCCNCCNC(=O)c1cscn1. The number of carbonyl (C=O) groups is 1. The first-order chi connectivity index (χ1) is 7.34. The van der Waals surface area contributed by atoms with Gasteiger partial charge >= 0.3 is 0 Å². The Morgan fingerprint density at radius 3 is 3.07 bits per heavy atom. The summed E-state index contributed by atoms with van der Waals surface area (Å²) < 4.78 is 4.87. The van der Waals surface area contributed by atoms with Gasteiger partial charge in [-0.2, -0.15) is 0 Å². The Labute approximate surface area is 92.9 Å². The van der Waals surface area contributed by atoms with Crippen molar-refractivity contribution in [1.29, 1.82) is 0 Å². The van der Waals surface area contributed by atoms with Crippen LogP contribution in [0, 0.1) is 0 Å². The molecule has 0 radical (unpaired) electrons. The molecule has 6 heteroatoms. The second kappa shape index (κ2) is 7.33. The number of amides is 1. The number of methoxy groups -OCH3 is 1. The Morgan fingerprint density at radius 1 is 1.53 bits per heavy atom. The van der Waals surface area contributed by atoms with Gasteiger partial charge in [-0.25, -0.2) is 4.98 Å². The van der Waals surface area contributed by atoms with Crippen LogP contribution < -0.4 is 10.6 Å². The zero-order valence-electron chi connectivity index (χ0n) is 8.66. The third-order valence-corrected chi connectivity index (χ3v) is 2.32. The Morgan fingerprint density at radius 2 is 2.40 bits per heavy atom. The first-order valence-corrected chi connectivity index (χ1v) is 5.65. The lowest BCUT2D eigenvalue weighted by atomic mass is 10.4. The summed E-state index contributed by atoms with van der Waals surface area (Å²) in [6.07, 6.45) is 0. The quantitative estimate of drug-likeness (QED) is 0.651. The Kier molecular flexibility index (Phi) is 5.91. The second-order valence-corrected chi connectivity index (χ2v) is 3.59. The Hall–Kier alpha value is -0.980. The van der Waals surface area contributed by atoms with Crippen LogP contribution in [-0.2, 0) is 4.74 Å². The number of rotatable bonds is 7. The van der Waals surface area contributed by atoms with Gasteiger partial charge in [0.2, 0.25) is 0 Å². The summed E-state index contributed by atoms with van der Waals surface area (Å²) in [5.41, 5.74) is 2.13. The van der Waals surface area contributed by atoms with Crippen LogP contribution in [0.4, 0.5) is 0 Å². The van der Waals surface area contributed by atoms with E-state index in [-0.39, 0.29) is 5.91 Å². The number of thiazole rings is 1. The van der Waals surface area contributed by atoms with E-state index in [2.05, 4.69) is 15.6 Å². The number of ether oxygens (including phenoxy) is 1. The summed E-state index contributed by atoms with van der Waals surface area (Å²) in [5.74, 6) is -0.121. The zero-order chi connectivity index (χ0) is 10.9. The molecule has 0 unspecified atom stereocenters. The monoisotopic (exact) mass is 229 g/mol. The van der Waals surface area contributed by atoms with Gasteiger partial charge in [0.25, 0.3) is 5.91 Å². The minimum Gasteiger partial charge on any atom is -0.383 e. The van der Waals surface area contributed by atoms with Gasteiger partial charge in [0, 0.05) is 32.1 Å². The Bertz CT molecular complexity index is 277. The van der Waals surface area contributed by atoms with Gasteiger partial charge in [-0.1, -0.05) is 0 Å². The van der Waals surface area contributed by atoms with Crippen molar-refractivity contribution in [2.45, 2.75) is 0 Å². The average Bonchev–Trinajstić information content (AvgIpc) is 2.76. The van der Waals surface area contributed by atoms with Crippen molar-refractivity contribution < 1.29 is 9.53 Å². The molecule has 1 aromatic heterocycles. The molecule has 5 nitrogen and oxygen atoms in total. The summed E-state index contributed by atoms with van der Waals surface area (Å²) >= 11 is 1.41. The highest BCUT2D eigenvalue weighted by Crippen LogP contribution is 1.99. The van der Waals surface area contributed by atoms with Crippen molar-refractivity contribution in [1.82, 2.24) is 15.6 Å². The number of nitrogens with zero attached hydrogens (tertiary/aromatic N) is 1. The standard InChI is InChI=1S/C9H15N3O2S/c1-14-5-4-10-2-3-11-9(13)8-6-15-7-12-8/h6-7,10H,2-5H2,1H3,(H,11,13). The molecule has 0 saturated carbocycles. The zero-order valence-corrected chi connectivity index (χ0v) is 9.47. The predicted molar refractivity (Wildman–Crippen MR) is 59.2 cm³/mol. The predicted octanol–water partition coefficient (Wildman–Crippen LogP) is 0.109. The third-order valence-electron chi connectivity index (χ3n) is 1.74. The molecule has 0 aliphatic rings. The van der Waals surface area contributed by atoms with Gasteiger partial charge in [0.05, 0.1) is 12.1 Å². The molecular formula is C9H15N3O2S. The van der Waals surface area contributed by atoms with Crippen molar-refractivity contribution in [2.24, 2.45) is 0 Å². The minimum atomic E-state index is -0.121. The molecule has 0 spiro atoms. The van der Waals surface area contributed by atoms with Crippen LogP contribution in [0.15, 0.2) is 10.9 Å². The first kappa shape index (κ1) is 12.1. The Balaban J connectivity index is 2.03. The lowest BCUT2D eigenvalue weighted by Gasteiger charge is -2.04. The van der Waals surface area contributed by atoms with Crippen molar-refractivity contribution in [3.63, 3.8) is 0 Å². The maximum atomic E-state index is 11.4. The normalized spacial score (nSPS) is 10.2. The maximum absolute atomic E-state index is 11.4. The van der Waals surface area contributed by atoms with E-state index >= 15 is 0 Å². The number of carbonyl (C=O) groups excluding carboxylic acids is 1. The van der Waals surface area contributed by atoms with Crippen LogP contribution in [0.25, 0.3) is 0 Å². The van der Waals surface area contributed by atoms with E-state index in [4.69, 9.17) is 4.74 Å². The lowest BCUT2D eigenvalue weighted by molar-refractivity contribution is 0.0949. The summed E-state index contributed by atoms with van der Waals surface area (Å²) in [5, 5.41) is 7.62. The molecule has 0 fully saturated rings. The van der Waals surface area contributed by atoms with E-state index in [1.165, 1.54) is 11.3 Å². The van der Waals surface area contributed by atoms with E-state index in [9.17, 15) is 4.79 Å². The molecule has 1 rings (SSSR count). The molecule has 1 heterocycles. The maximum Gasteiger partial charge on any atom is 0.270 e. The first-order valence-electron chi connectivity index (χ1n) is 4.70. The summed E-state index contributed by atoms with van der Waals surface area (Å²) in [6.45, 7) is 2.81. The molecule has 0 aliphatic carbocycles. The summed E-state index contributed by atoms with van der Waals surface area (Å²) in [6, 6.07) is 0. The molecule has 0 aliphatic heterocycles. The molecule has 1 amide bonds. The highest BCUT2D eigenvalue weighted by atomic mass is 32.1. The number of hydrogen-bond donors (Lipinski definition) is 2. The van der Waals surface area contributed by atoms with Crippen LogP contribution >= 0.6 is 11.3 Å². The number of hydrogen-bond acceptors (Lipinski definition) is 5. The van der Waals surface area contributed by atoms with Gasteiger partial charge in [-0.15, -0.1) is 11.3 Å². The van der Waals surface area contributed by atoms with E-state index < -0.39 is 0 Å². The van der Waals surface area contributed by atoms with E-state index in [1.807, 2.05) is 0 Å². The fourth-order valence-electron chi connectivity index (χ4n) is 0.979. The fourth-order valence-corrected chi connectivity index (χ4v) is 1.51. The van der Waals surface area contributed by atoms with Crippen molar-refractivity contribution in [3.8, 4) is 0 Å². The highest BCUT2D eigenvalue weighted by Gasteiger charge is 2.05. The highest BCUT2D eigenvalue weighted by molar-refractivity contribution is 7.07. The number of nitrogens with one attached hydrogen (secondary N) is 2. The van der Waals surface area contributed by atoms with Crippen molar-refractivity contribution in [3.05, 3.63) is 16.6 Å². The van der Waals surface area contributed by atoms with Gasteiger partial charge in [0.15, 0.2) is 0 Å². The molecule has 0 atom stereocenters. The topological polar surface area (TPSA) is 63.2 Å². The smallest absolute Gasteiger partial charge is 0.270 e. The minimum absolute atomic E-state index is 0.121. The molecule has 0 saturated heterocycles. The molecule has 84 valence electrons. The fraction of sp³-hybridized carbons (Fsp3) is 0.556. The van der Waals surface area contributed by atoms with Crippen LogP contribution in [0.3, 0.4) is 0 Å². The van der Waals surface area contributed by atoms with Crippen LogP contribution in [-0.4, -0.2) is 44.2 Å². The molecule has 0 bridgehead atoms. The summed E-state index contributed by atoms with van der Waals surface area (Å²) in [7, 11) is 1.66. The molecule has 1 aromatic rings.